The van der Waals surface area contributed by atoms with Gasteiger partial charge in [0.25, 0.3) is 0 Å². The highest BCUT2D eigenvalue weighted by atomic mass is 19.4. The molecule has 0 aromatic heterocycles. The minimum Gasteiger partial charge on any atom is -0.286 e. The van der Waals surface area contributed by atoms with E-state index in [4.69, 9.17) is 0 Å². The molecule has 0 heterocycles. The molecule has 3 atom stereocenters. The van der Waals surface area contributed by atoms with Crippen molar-refractivity contribution in [3.8, 4) is 0 Å². The van der Waals surface area contributed by atoms with Gasteiger partial charge in [-0.1, -0.05) is 45.4 Å². The van der Waals surface area contributed by atoms with E-state index in [1.165, 1.54) is 51.4 Å². The molecule has 3 aliphatic rings. The van der Waals surface area contributed by atoms with Crippen LogP contribution in [0.25, 0.3) is 0 Å². The summed E-state index contributed by atoms with van der Waals surface area (Å²) in [6.07, 6.45) is 6.59. The highest BCUT2D eigenvalue weighted by Gasteiger charge is 2.40. The maximum atomic E-state index is 14.1. The predicted molar refractivity (Wildman–Crippen MR) is 99.0 cm³/mol. The molecule has 3 aliphatic carbocycles. The van der Waals surface area contributed by atoms with Crippen molar-refractivity contribution in [3.63, 3.8) is 0 Å². The van der Waals surface area contributed by atoms with Gasteiger partial charge in [-0.05, 0) is 74.5 Å². The van der Waals surface area contributed by atoms with Crippen LogP contribution in [-0.2, 0) is 4.74 Å². The summed E-state index contributed by atoms with van der Waals surface area (Å²) >= 11 is 0. The van der Waals surface area contributed by atoms with Gasteiger partial charge in [-0.25, -0.2) is 4.39 Å². The molecule has 3 rings (SSSR count). The third-order valence-electron chi connectivity index (χ3n) is 7.71. The Morgan fingerprint density at radius 2 is 1.26 bits per heavy atom. The summed E-state index contributed by atoms with van der Waals surface area (Å²) in [5, 5.41) is 0. The Morgan fingerprint density at radius 3 is 1.81 bits per heavy atom. The van der Waals surface area contributed by atoms with E-state index >= 15 is 0 Å². The maximum absolute atomic E-state index is 14.1. The molecule has 0 N–H and O–H groups in total. The average Bonchev–Trinajstić information content (AvgIpc) is 2.62. The molecule has 0 saturated heterocycles. The van der Waals surface area contributed by atoms with Crippen LogP contribution in [0.4, 0.5) is 17.6 Å². The largest absolute Gasteiger partial charge is 0.522 e. The van der Waals surface area contributed by atoms with Crippen molar-refractivity contribution in [2.75, 3.05) is 0 Å². The number of hydrogen-bond acceptors (Lipinski definition) is 1. The Balaban J connectivity index is 1.32. The summed E-state index contributed by atoms with van der Waals surface area (Å²) in [5.41, 5.74) is 0. The lowest BCUT2D eigenvalue weighted by Gasteiger charge is -2.38. The van der Waals surface area contributed by atoms with Crippen LogP contribution in [0, 0.1) is 29.6 Å². The van der Waals surface area contributed by atoms with Crippen LogP contribution in [0.2, 0.25) is 0 Å². The van der Waals surface area contributed by atoms with Gasteiger partial charge in [-0.3, -0.25) is 4.74 Å². The quantitative estimate of drug-likeness (QED) is 0.442. The molecule has 0 aromatic carbocycles. The van der Waals surface area contributed by atoms with E-state index in [0.717, 1.165) is 36.5 Å². The van der Waals surface area contributed by atoms with Crippen LogP contribution in [0.5, 0.6) is 0 Å². The van der Waals surface area contributed by atoms with Crippen LogP contribution >= 0.6 is 0 Å². The SMILES string of the molecule is CC1CCC(C2CCC(CCC3CCC(OC(F)(F)F)C(F)C3)CC2)CC1. The lowest BCUT2D eigenvalue weighted by Crippen LogP contribution is -2.37. The zero-order chi connectivity index (χ0) is 19.4. The van der Waals surface area contributed by atoms with Crippen molar-refractivity contribution in [1.82, 2.24) is 0 Å². The standard InChI is InChI=1S/C22H36F4O/c1-15-2-9-18(10-3-15)19-11-6-16(7-12-19)4-5-17-8-13-21(20(23)14-17)27-22(24,25)26/h15-21H,2-14H2,1H3. The molecular weight excluding hydrogens is 356 g/mol. The van der Waals surface area contributed by atoms with Gasteiger partial charge in [-0.15, -0.1) is 13.2 Å². The normalized spacial score (nSPS) is 41.4. The maximum Gasteiger partial charge on any atom is 0.522 e. The number of ether oxygens (including phenoxy) is 1. The zero-order valence-corrected chi connectivity index (χ0v) is 16.7. The molecule has 0 spiro atoms. The second kappa shape index (κ2) is 9.45. The second-order valence-electron chi connectivity index (χ2n) is 9.68. The fourth-order valence-corrected chi connectivity index (χ4v) is 5.91. The lowest BCUT2D eigenvalue weighted by molar-refractivity contribution is -0.351. The van der Waals surface area contributed by atoms with Crippen molar-refractivity contribution in [2.45, 2.75) is 109 Å². The number of rotatable bonds is 5. The van der Waals surface area contributed by atoms with Crippen molar-refractivity contribution in [3.05, 3.63) is 0 Å². The smallest absolute Gasteiger partial charge is 0.286 e. The van der Waals surface area contributed by atoms with Crippen molar-refractivity contribution >= 4 is 0 Å². The van der Waals surface area contributed by atoms with Crippen LogP contribution in [0.15, 0.2) is 0 Å². The summed E-state index contributed by atoms with van der Waals surface area (Å²) < 4.78 is 54.9. The molecular formula is C22H36F4O. The first-order valence-corrected chi connectivity index (χ1v) is 11.2. The molecule has 27 heavy (non-hydrogen) atoms. The highest BCUT2D eigenvalue weighted by Crippen LogP contribution is 2.43. The summed E-state index contributed by atoms with van der Waals surface area (Å²) in [4.78, 5) is 0. The monoisotopic (exact) mass is 392 g/mol. The average molecular weight is 393 g/mol. The van der Waals surface area contributed by atoms with E-state index in [-0.39, 0.29) is 18.8 Å². The van der Waals surface area contributed by atoms with E-state index in [1.807, 2.05) is 0 Å². The predicted octanol–water partition coefficient (Wildman–Crippen LogP) is 7.44. The fourth-order valence-electron chi connectivity index (χ4n) is 5.91. The first-order valence-electron chi connectivity index (χ1n) is 11.2. The molecule has 3 saturated carbocycles. The Morgan fingerprint density at radius 1 is 0.741 bits per heavy atom. The molecule has 1 nitrogen and oxygen atoms in total. The highest BCUT2D eigenvalue weighted by molar-refractivity contribution is 4.84. The van der Waals surface area contributed by atoms with Gasteiger partial charge in [0.15, 0.2) is 0 Å². The molecule has 158 valence electrons. The van der Waals surface area contributed by atoms with Crippen molar-refractivity contribution < 1.29 is 22.3 Å². The summed E-state index contributed by atoms with van der Waals surface area (Å²) in [6.45, 7) is 2.37. The van der Waals surface area contributed by atoms with Gasteiger partial charge in [0.2, 0.25) is 0 Å². The van der Waals surface area contributed by atoms with Crippen LogP contribution in [0.1, 0.15) is 90.4 Å². The first-order chi connectivity index (χ1) is 12.8. The number of alkyl halides is 4. The summed E-state index contributed by atoms with van der Waals surface area (Å²) in [6, 6.07) is 0. The number of halogens is 4. The van der Waals surface area contributed by atoms with Crippen molar-refractivity contribution in [2.24, 2.45) is 29.6 Å². The van der Waals surface area contributed by atoms with Crippen molar-refractivity contribution in [1.29, 1.82) is 0 Å². The second-order valence-corrected chi connectivity index (χ2v) is 9.68. The minimum absolute atomic E-state index is 0.193. The molecule has 0 aliphatic heterocycles. The summed E-state index contributed by atoms with van der Waals surface area (Å²) in [5.74, 6) is 3.74. The third kappa shape index (κ3) is 6.61. The van der Waals surface area contributed by atoms with E-state index in [9.17, 15) is 17.6 Å². The van der Waals surface area contributed by atoms with Gasteiger partial charge in [0, 0.05) is 0 Å². The van der Waals surface area contributed by atoms with Gasteiger partial charge in [-0.2, -0.15) is 0 Å². The van der Waals surface area contributed by atoms with E-state index in [2.05, 4.69) is 11.7 Å². The molecule has 0 radical (unpaired) electrons. The lowest BCUT2D eigenvalue weighted by atomic mass is 9.68. The molecule has 5 heteroatoms. The Bertz CT molecular complexity index is 436. The third-order valence-corrected chi connectivity index (χ3v) is 7.71. The molecule has 0 aromatic rings. The molecule has 0 bridgehead atoms. The van der Waals surface area contributed by atoms with Crippen LogP contribution < -0.4 is 0 Å². The molecule has 0 amide bonds. The fraction of sp³-hybridized carbons (Fsp3) is 1.00. The Kier molecular flexibility index (Phi) is 7.49. The zero-order valence-electron chi connectivity index (χ0n) is 16.7. The van der Waals surface area contributed by atoms with Gasteiger partial charge in [0.1, 0.15) is 6.17 Å². The van der Waals surface area contributed by atoms with Crippen LogP contribution in [0.3, 0.4) is 0 Å². The Hall–Kier alpha value is -0.320. The van der Waals surface area contributed by atoms with E-state index in [1.54, 1.807) is 0 Å². The van der Waals surface area contributed by atoms with Gasteiger partial charge in [0.05, 0.1) is 6.10 Å². The van der Waals surface area contributed by atoms with E-state index < -0.39 is 18.6 Å². The first kappa shape index (κ1) is 21.4. The van der Waals surface area contributed by atoms with Gasteiger partial charge < -0.3 is 0 Å². The molecule has 3 fully saturated rings. The Labute approximate surface area is 161 Å². The minimum atomic E-state index is -4.73. The van der Waals surface area contributed by atoms with Gasteiger partial charge >= 0.3 is 6.36 Å². The number of hydrogen-bond donors (Lipinski definition) is 0. The molecule has 3 unspecified atom stereocenters. The van der Waals surface area contributed by atoms with E-state index in [0.29, 0.717) is 6.42 Å². The topological polar surface area (TPSA) is 9.23 Å². The van der Waals surface area contributed by atoms with Crippen LogP contribution in [-0.4, -0.2) is 18.6 Å². The summed E-state index contributed by atoms with van der Waals surface area (Å²) in [7, 11) is 0.